The predicted octanol–water partition coefficient (Wildman–Crippen LogP) is 6.11. The molecule has 0 saturated carbocycles. The zero-order valence-corrected chi connectivity index (χ0v) is 21.7. The number of carboxylic acids is 2. The normalized spacial score (nSPS) is 9.94. The van der Waals surface area contributed by atoms with Crippen LogP contribution in [0.25, 0.3) is 0 Å². The SMILES string of the molecule is Cc1ccc(C(=O)O)c(CCc2ccco2)c1.Cc1ccc(C(=O)O)c(I)c1.NCc1ccco1. The molecule has 0 aliphatic rings. The molecule has 35 heavy (non-hydrogen) atoms. The lowest BCUT2D eigenvalue weighted by atomic mass is 10.00. The van der Waals surface area contributed by atoms with Crippen molar-refractivity contribution in [1.82, 2.24) is 0 Å². The molecule has 8 heteroatoms. The van der Waals surface area contributed by atoms with Gasteiger partial charge in [0, 0.05) is 9.99 Å². The van der Waals surface area contributed by atoms with E-state index < -0.39 is 11.9 Å². The molecule has 4 rings (SSSR count). The van der Waals surface area contributed by atoms with Gasteiger partial charge in [-0.3, -0.25) is 0 Å². The molecule has 0 saturated heterocycles. The molecule has 0 unspecified atom stereocenters. The van der Waals surface area contributed by atoms with Crippen LogP contribution in [-0.2, 0) is 19.4 Å². The summed E-state index contributed by atoms with van der Waals surface area (Å²) < 4.78 is 10.9. The van der Waals surface area contributed by atoms with Crippen molar-refractivity contribution in [3.63, 3.8) is 0 Å². The van der Waals surface area contributed by atoms with E-state index in [4.69, 9.17) is 24.8 Å². The summed E-state index contributed by atoms with van der Waals surface area (Å²) in [7, 11) is 0. The highest BCUT2D eigenvalue weighted by Gasteiger charge is 2.10. The molecule has 7 nitrogen and oxygen atoms in total. The number of carboxylic acid groups (broad SMARTS) is 2. The molecule has 184 valence electrons. The van der Waals surface area contributed by atoms with E-state index in [0.717, 1.165) is 38.2 Å². The van der Waals surface area contributed by atoms with Crippen molar-refractivity contribution in [2.45, 2.75) is 33.2 Å². The molecule has 0 fully saturated rings. The number of aryl methyl sites for hydroxylation is 4. The molecule has 0 aliphatic heterocycles. The fourth-order valence-electron chi connectivity index (χ4n) is 3.07. The van der Waals surface area contributed by atoms with Gasteiger partial charge < -0.3 is 24.8 Å². The molecule has 2 aromatic carbocycles. The van der Waals surface area contributed by atoms with Gasteiger partial charge in [-0.1, -0.05) is 29.3 Å². The summed E-state index contributed by atoms with van der Waals surface area (Å²) in [5.74, 6) is -0.0308. The van der Waals surface area contributed by atoms with Crippen molar-refractivity contribution in [2.24, 2.45) is 5.73 Å². The van der Waals surface area contributed by atoms with Gasteiger partial charge in [-0.15, -0.1) is 0 Å². The van der Waals surface area contributed by atoms with Gasteiger partial charge in [-0.25, -0.2) is 9.59 Å². The molecular weight excluding hydrogens is 561 g/mol. The number of carbonyl (C=O) groups is 2. The molecule has 0 bridgehead atoms. The van der Waals surface area contributed by atoms with Crippen molar-refractivity contribution < 1.29 is 28.6 Å². The molecule has 0 amide bonds. The van der Waals surface area contributed by atoms with Gasteiger partial charge in [0.1, 0.15) is 11.5 Å². The van der Waals surface area contributed by atoms with Crippen LogP contribution in [-0.4, -0.2) is 22.2 Å². The second-order valence-electron chi connectivity index (χ2n) is 7.62. The van der Waals surface area contributed by atoms with Crippen molar-refractivity contribution in [3.8, 4) is 0 Å². The molecular formula is C27H28INO6. The van der Waals surface area contributed by atoms with E-state index in [1.54, 1.807) is 30.7 Å². The van der Waals surface area contributed by atoms with Gasteiger partial charge >= 0.3 is 11.9 Å². The number of furan rings is 2. The smallest absolute Gasteiger partial charge is 0.336 e. The first-order chi connectivity index (χ1) is 16.7. The van der Waals surface area contributed by atoms with Crippen LogP contribution in [0.4, 0.5) is 0 Å². The molecule has 4 N–H and O–H groups in total. The molecule has 0 atom stereocenters. The fraction of sp³-hybridized carbons (Fsp3) is 0.185. The van der Waals surface area contributed by atoms with Gasteiger partial charge in [-0.2, -0.15) is 0 Å². The third-order valence-electron chi connectivity index (χ3n) is 4.85. The topological polar surface area (TPSA) is 127 Å². The third-order valence-corrected chi connectivity index (χ3v) is 5.74. The van der Waals surface area contributed by atoms with Crippen LogP contribution in [0, 0.1) is 17.4 Å². The highest BCUT2D eigenvalue weighted by atomic mass is 127. The molecule has 4 aromatic rings. The zero-order valence-electron chi connectivity index (χ0n) is 19.5. The van der Waals surface area contributed by atoms with Crippen LogP contribution in [0.1, 0.15) is 48.9 Å². The monoisotopic (exact) mass is 589 g/mol. The Balaban J connectivity index is 0.000000205. The Kier molecular flexibility index (Phi) is 11.2. The highest BCUT2D eigenvalue weighted by Crippen LogP contribution is 2.16. The summed E-state index contributed by atoms with van der Waals surface area (Å²) in [5, 5.41) is 17.7. The van der Waals surface area contributed by atoms with E-state index in [-0.39, 0.29) is 0 Å². The van der Waals surface area contributed by atoms with E-state index >= 15 is 0 Å². The molecule has 0 aliphatic carbocycles. The Hall–Kier alpha value is -3.37. The highest BCUT2D eigenvalue weighted by molar-refractivity contribution is 14.1. The number of aromatic carboxylic acids is 2. The third kappa shape index (κ3) is 9.42. The lowest BCUT2D eigenvalue weighted by Gasteiger charge is -2.06. The Morgan fingerprint density at radius 2 is 1.34 bits per heavy atom. The minimum atomic E-state index is -0.876. The van der Waals surface area contributed by atoms with Gasteiger partial charge in [0.2, 0.25) is 0 Å². The van der Waals surface area contributed by atoms with Crippen LogP contribution in [0.3, 0.4) is 0 Å². The number of hydrogen-bond donors (Lipinski definition) is 3. The standard InChI is InChI=1S/C14H14O3.C8H7IO2.C5H7NO/c1-10-4-7-13(14(15)16)11(9-10)5-6-12-3-2-8-17-12;1-5-2-3-6(8(10)11)7(9)4-5;6-4-5-2-1-3-7-5/h2-4,7-9H,5-6H2,1H3,(H,15,16);2-4H,1H3,(H,10,11);1-3H,4,6H2. The number of hydrogen-bond acceptors (Lipinski definition) is 5. The minimum absolute atomic E-state index is 0.371. The minimum Gasteiger partial charge on any atom is -0.478 e. The Morgan fingerprint density at radius 1 is 0.800 bits per heavy atom. The zero-order chi connectivity index (χ0) is 25.8. The van der Waals surface area contributed by atoms with Crippen LogP contribution in [0.2, 0.25) is 0 Å². The second kappa shape index (κ2) is 14.1. The van der Waals surface area contributed by atoms with Crippen LogP contribution in [0.5, 0.6) is 0 Å². The first kappa shape index (κ1) is 27.9. The Morgan fingerprint density at radius 3 is 1.80 bits per heavy atom. The molecule has 0 radical (unpaired) electrons. The van der Waals surface area contributed by atoms with Gasteiger partial charge in [-0.05, 0) is 90.9 Å². The summed E-state index contributed by atoms with van der Waals surface area (Å²) in [6, 6.07) is 18.1. The predicted molar refractivity (Wildman–Crippen MR) is 142 cm³/mol. The second-order valence-corrected chi connectivity index (χ2v) is 8.78. The van der Waals surface area contributed by atoms with E-state index in [1.807, 2.05) is 78.9 Å². The lowest BCUT2D eigenvalue weighted by molar-refractivity contribution is 0.0685. The number of halogens is 1. The Labute approximate surface area is 217 Å². The number of rotatable bonds is 6. The van der Waals surface area contributed by atoms with Crippen molar-refractivity contribution in [3.05, 3.63) is 116 Å². The van der Waals surface area contributed by atoms with Gasteiger partial charge in [0.25, 0.3) is 0 Å². The summed E-state index contributed by atoms with van der Waals surface area (Å²) in [4.78, 5) is 21.6. The first-order valence-electron chi connectivity index (χ1n) is 10.8. The Bertz CT molecular complexity index is 1220. The summed E-state index contributed by atoms with van der Waals surface area (Å²) in [5.41, 5.74) is 8.96. The average molecular weight is 589 g/mol. The fourth-order valence-corrected chi connectivity index (χ4v) is 3.97. The van der Waals surface area contributed by atoms with Crippen molar-refractivity contribution in [2.75, 3.05) is 0 Å². The van der Waals surface area contributed by atoms with Crippen LogP contribution in [0.15, 0.2) is 82.0 Å². The summed E-state index contributed by atoms with van der Waals surface area (Å²) in [6.45, 7) is 4.39. The summed E-state index contributed by atoms with van der Waals surface area (Å²) in [6.07, 6.45) is 4.64. The summed E-state index contributed by atoms with van der Waals surface area (Å²) >= 11 is 2.02. The van der Waals surface area contributed by atoms with Crippen molar-refractivity contribution in [1.29, 1.82) is 0 Å². The van der Waals surface area contributed by atoms with E-state index in [1.165, 1.54) is 0 Å². The van der Waals surface area contributed by atoms with E-state index in [9.17, 15) is 9.59 Å². The lowest BCUT2D eigenvalue weighted by Crippen LogP contribution is -2.04. The first-order valence-corrected chi connectivity index (χ1v) is 11.9. The molecule has 2 heterocycles. The van der Waals surface area contributed by atoms with Crippen molar-refractivity contribution >= 4 is 34.5 Å². The van der Waals surface area contributed by atoms with Crippen LogP contribution >= 0.6 is 22.6 Å². The maximum absolute atomic E-state index is 11.1. The van der Waals surface area contributed by atoms with Gasteiger partial charge in [0.05, 0.1) is 30.2 Å². The van der Waals surface area contributed by atoms with Crippen LogP contribution < -0.4 is 5.73 Å². The van der Waals surface area contributed by atoms with Gasteiger partial charge in [0.15, 0.2) is 0 Å². The maximum Gasteiger partial charge on any atom is 0.336 e. The quantitative estimate of drug-likeness (QED) is 0.232. The average Bonchev–Trinajstić information content (AvgIpc) is 3.52. The maximum atomic E-state index is 11.1. The van der Waals surface area contributed by atoms with E-state index in [0.29, 0.717) is 24.1 Å². The molecule has 0 spiro atoms. The number of benzene rings is 2. The van der Waals surface area contributed by atoms with E-state index in [2.05, 4.69) is 0 Å². The number of nitrogens with two attached hydrogens (primary N) is 1. The molecule has 2 aromatic heterocycles. The largest absolute Gasteiger partial charge is 0.478 e.